The van der Waals surface area contributed by atoms with Gasteiger partial charge in [0.1, 0.15) is 0 Å². The number of nitrogens with zero attached hydrogens (tertiary/aromatic N) is 2. The van der Waals surface area contributed by atoms with Gasteiger partial charge in [0.15, 0.2) is 0 Å². The van der Waals surface area contributed by atoms with Crippen LogP contribution in [0, 0.1) is 0 Å². The van der Waals surface area contributed by atoms with Gasteiger partial charge in [-0.25, -0.2) is 13.4 Å². The number of likely N-dealkylation sites (N-methyl/N-ethyl adjacent to an activating group) is 1. The summed E-state index contributed by atoms with van der Waals surface area (Å²) in [7, 11) is 0.907. The van der Waals surface area contributed by atoms with Gasteiger partial charge in [0.05, 0.1) is 45.2 Å². The molecule has 9 heteroatoms. The Morgan fingerprint density at radius 3 is 2.61 bits per heavy atom. The number of sulfonamides is 1. The molecule has 2 N–H and O–H groups in total. The number of hydrazine groups is 1. The lowest BCUT2D eigenvalue weighted by molar-refractivity contribution is -0.884. The Morgan fingerprint density at radius 1 is 1.35 bits per heavy atom. The molecular weight excluding hydrogens is 320 g/mol. The zero-order valence-electron chi connectivity index (χ0n) is 13.6. The van der Waals surface area contributed by atoms with Crippen molar-refractivity contribution >= 4 is 15.9 Å². The van der Waals surface area contributed by atoms with Gasteiger partial charge in [-0.05, 0) is 18.2 Å². The maximum atomic E-state index is 12.3. The number of hydroxylamine groups is 1. The Balaban J connectivity index is 2.12. The molecule has 128 valence electrons. The van der Waals surface area contributed by atoms with Crippen LogP contribution in [-0.4, -0.2) is 71.2 Å². The second-order valence-corrected chi connectivity index (χ2v) is 7.45. The Hall–Kier alpha value is -1.52. The predicted octanol–water partition coefficient (Wildman–Crippen LogP) is -1.66. The number of rotatable bonds is 5. The Labute approximate surface area is 136 Å². The normalized spacial score (nSPS) is 17.4. The van der Waals surface area contributed by atoms with E-state index in [4.69, 9.17) is 4.84 Å². The van der Waals surface area contributed by atoms with Crippen molar-refractivity contribution in [1.82, 2.24) is 14.9 Å². The minimum absolute atomic E-state index is 0.0114. The summed E-state index contributed by atoms with van der Waals surface area (Å²) >= 11 is 0. The summed E-state index contributed by atoms with van der Waals surface area (Å²) in [6.07, 6.45) is 0. The molecule has 0 aliphatic carbocycles. The minimum Gasteiger partial charge on any atom is -0.335 e. The fraction of sp³-hybridized carbons (Fsp3) is 0.500. The van der Waals surface area contributed by atoms with E-state index in [1.54, 1.807) is 12.1 Å². The fourth-order valence-electron chi connectivity index (χ4n) is 2.25. The zero-order chi connectivity index (χ0) is 17.0. The van der Waals surface area contributed by atoms with Gasteiger partial charge in [-0.3, -0.25) is 15.1 Å². The monoisotopic (exact) mass is 343 g/mol. The van der Waals surface area contributed by atoms with Crippen molar-refractivity contribution in [3.8, 4) is 0 Å². The summed E-state index contributed by atoms with van der Waals surface area (Å²) in [4.78, 5) is 18.5. The highest BCUT2D eigenvalue weighted by Crippen LogP contribution is 2.16. The topological polar surface area (TPSA) is 83.4 Å². The van der Waals surface area contributed by atoms with Crippen LogP contribution in [0.1, 0.15) is 10.4 Å². The zero-order valence-corrected chi connectivity index (χ0v) is 14.4. The van der Waals surface area contributed by atoms with Gasteiger partial charge < -0.3 is 4.90 Å². The lowest BCUT2D eigenvalue weighted by Gasteiger charge is -2.30. The third-order valence-electron chi connectivity index (χ3n) is 3.87. The van der Waals surface area contributed by atoms with Gasteiger partial charge in [-0.15, -0.1) is 0 Å². The van der Waals surface area contributed by atoms with Gasteiger partial charge in [0, 0.05) is 12.6 Å². The molecule has 0 saturated carbocycles. The molecule has 0 unspecified atom stereocenters. The number of piperazine rings is 1. The average molecular weight is 343 g/mol. The first-order chi connectivity index (χ1) is 10.8. The van der Waals surface area contributed by atoms with E-state index in [1.807, 2.05) is 5.01 Å². The standard InChI is InChI=1S/C14H22N4O4S/c1-16-7-9-18(10-8-16)15-14(19)12-5-4-6-13(11-12)23(20,21)17(2)22-3/h4-6,11H,7-10H2,1-3H3,(H,15,19)/p+1. The van der Waals surface area contributed by atoms with E-state index in [1.165, 1.54) is 31.2 Å². The van der Waals surface area contributed by atoms with E-state index < -0.39 is 10.0 Å². The van der Waals surface area contributed by atoms with Crippen LogP contribution >= 0.6 is 0 Å². The molecule has 1 heterocycles. The van der Waals surface area contributed by atoms with Crippen molar-refractivity contribution in [2.75, 3.05) is 47.4 Å². The third-order valence-corrected chi connectivity index (χ3v) is 5.54. The maximum Gasteiger partial charge on any atom is 0.265 e. The molecule has 2 rings (SSSR count). The third kappa shape index (κ3) is 4.27. The molecule has 1 saturated heterocycles. The van der Waals surface area contributed by atoms with Crippen LogP contribution in [0.25, 0.3) is 0 Å². The van der Waals surface area contributed by atoms with Crippen LogP contribution in [-0.2, 0) is 14.9 Å². The smallest absolute Gasteiger partial charge is 0.265 e. The first kappa shape index (κ1) is 17.8. The van der Waals surface area contributed by atoms with Crippen molar-refractivity contribution in [1.29, 1.82) is 0 Å². The summed E-state index contributed by atoms with van der Waals surface area (Å²) in [6.45, 7) is 3.44. The molecule has 0 radical (unpaired) electrons. The van der Waals surface area contributed by atoms with Crippen molar-refractivity contribution in [2.45, 2.75) is 4.90 Å². The van der Waals surface area contributed by atoms with Gasteiger partial charge in [0.25, 0.3) is 15.9 Å². The summed E-state index contributed by atoms with van der Waals surface area (Å²) in [5, 5.41) is 1.86. The number of carbonyl (C=O) groups is 1. The molecule has 0 bridgehead atoms. The number of hydrogen-bond acceptors (Lipinski definition) is 5. The maximum absolute atomic E-state index is 12.3. The highest BCUT2D eigenvalue weighted by atomic mass is 32.2. The molecule has 1 aliphatic rings. The lowest BCUT2D eigenvalue weighted by Crippen LogP contribution is -3.12. The van der Waals surface area contributed by atoms with E-state index in [0.717, 1.165) is 30.6 Å². The second kappa shape index (κ2) is 7.37. The molecule has 1 aromatic rings. The first-order valence-corrected chi connectivity index (χ1v) is 8.79. The Bertz CT molecular complexity index is 656. The summed E-state index contributed by atoms with van der Waals surface area (Å²) in [5.41, 5.74) is 3.11. The Kier molecular flexibility index (Phi) is 5.71. The number of amides is 1. The summed E-state index contributed by atoms with van der Waals surface area (Å²) < 4.78 is 25.2. The van der Waals surface area contributed by atoms with Crippen LogP contribution in [0.15, 0.2) is 29.2 Å². The van der Waals surface area contributed by atoms with Crippen LogP contribution in [0.3, 0.4) is 0 Å². The molecule has 1 amide bonds. The van der Waals surface area contributed by atoms with E-state index in [9.17, 15) is 13.2 Å². The highest BCUT2D eigenvalue weighted by Gasteiger charge is 2.23. The molecule has 1 aromatic carbocycles. The molecule has 8 nitrogen and oxygen atoms in total. The Morgan fingerprint density at radius 2 is 2.00 bits per heavy atom. The summed E-state index contributed by atoms with van der Waals surface area (Å²) in [6, 6.07) is 5.91. The molecule has 1 aliphatic heterocycles. The van der Waals surface area contributed by atoms with Gasteiger partial charge >= 0.3 is 0 Å². The van der Waals surface area contributed by atoms with Gasteiger partial charge in [0.2, 0.25) is 0 Å². The molecular formula is C14H23N4O4S+. The number of quaternary nitrogens is 1. The number of benzene rings is 1. The van der Waals surface area contributed by atoms with Crippen molar-refractivity contribution in [2.24, 2.45) is 0 Å². The van der Waals surface area contributed by atoms with E-state index in [2.05, 4.69) is 12.5 Å². The van der Waals surface area contributed by atoms with E-state index in [0.29, 0.717) is 5.56 Å². The molecule has 23 heavy (non-hydrogen) atoms. The molecule has 1 fully saturated rings. The van der Waals surface area contributed by atoms with Crippen molar-refractivity contribution in [3.05, 3.63) is 29.8 Å². The van der Waals surface area contributed by atoms with Gasteiger partial charge in [-0.1, -0.05) is 10.5 Å². The van der Waals surface area contributed by atoms with E-state index in [-0.39, 0.29) is 10.8 Å². The van der Waals surface area contributed by atoms with Crippen LogP contribution in [0.5, 0.6) is 0 Å². The van der Waals surface area contributed by atoms with Crippen molar-refractivity contribution < 1.29 is 22.9 Å². The number of hydrogen-bond donors (Lipinski definition) is 2. The second-order valence-electron chi connectivity index (χ2n) is 5.51. The quantitative estimate of drug-likeness (QED) is 0.626. The van der Waals surface area contributed by atoms with E-state index >= 15 is 0 Å². The minimum atomic E-state index is -3.77. The fourth-order valence-corrected chi connectivity index (χ4v) is 3.27. The molecule has 0 aromatic heterocycles. The van der Waals surface area contributed by atoms with Crippen LogP contribution < -0.4 is 10.3 Å². The van der Waals surface area contributed by atoms with Gasteiger partial charge in [-0.2, -0.15) is 0 Å². The lowest BCUT2D eigenvalue weighted by atomic mass is 10.2. The number of nitrogens with one attached hydrogen (secondary N) is 2. The highest BCUT2D eigenvalue weighted by molar-refractivity contribution is 7.89. The molecule has 0 atom stereocenters. The van der Waals surface area contributed by atoms with Crippen LogP contribution in [0.4, 0.5) is 0 Å². The van der Waals surface area contributed by atoms with Crippen LogP contribution in [0.2, 0.25) is 0 Å². The first-order valence-electron chi connectivity index (χ1n) is 7.35. The predicted molar refractivity (Wildman–Crippen MR) is 84.1 cm³/mol. The summed E-state index contributed by atoms with van der Waals surface area (Å²) in [5.74, 6) is -0.318. The molecule has 0 spiro atoms. The largest absolute Gasteiger partial charge is 0.335 e. The SMILES string of the molecule is CON(C)S(=O)(=O)c1cccc(C(=O)NN2CC[NH+](C)CC2)c1. The number of carbonyl (C=O) groups excluding carboxylic acids is 1. The van der Waals surface area contributed by atoms with Crippen molar-refractivity contribution in [3.63, 3.8) is 0 Å². The average Bonchev–Trinajstić information content (AvgIpc) is 2.56.